The Morgan fingerprint density at radius 3 is 2.59 bits per heavy atom. The number of carbonyl (C=O) groups excluding carboxylic acids is 1. The van der Waals surface area contributed by atoms with Crippen molar-refractivity contribution in [1.29, 1.82) is 0 Å². The van der Waals surface area contributed by atoms with E-state index in [-0.39, 0.29) is 18.0 Å². The zero-order chi connectivity index (χ0) is 28.6. The zero-order valence-electron chi connectivity index (χ0n) is 22.7. The highest BCUT2D eigenvalue weighted by atomic mass is 32.1. The van der Waals surface area contributed by atoms with Crippen LogP contribution in [0.2, 0.25) is 0 Å². The molecule has 0 aliphatic rings. The number of nitrogens with one attached hydrogen (secondary N) is 1. The highest BCUT2D eigenvalue weighted by Crippen LogP contribution is 2.39. The molecule has 0 atom stereocenters. The third kappa shape index (κ3) is 7.67. The largest absolute Gasteiger partial charge is 0.453 e. The Morgan fingerprint density at radius 2 is 1.83 bits per heavy atom. The van der Waals surface area contributed by atoms with Crippen LogP contribution in [0.3, 0.4) is 0 Å². The lowest BCUT2D eigenvalue weighted by molar-refractivity contribution is -0.117. The Kier molecular flexibility index (Phi) is 9.56. The van der Waals surface area contributed by atoms with Gasteiger partial charge in [0.2, 0.25) is 0 Å². The molecule has 0 fully saturated rings. The molecular formula is C33H30FN3O2S2. The molecule has 3 aromatic heterocycles. The number of Topliss-reactive ketones (excluding diaryl/α,β-unsaturated/α-hetero) is 1. The lowest BCUT2D eigenvalue weighted by Crippen LogP contribution is -2.14. The second kappa shape index (κ2) is 13.7. The van der Waals surface area contributed by atoms with Crippen molar-refractivity contribution >= 4 is 44.4 Å². The SMILES string of the molecule is CCCNCc1ccc(-c2cc3nccc(Oc4ccc(CC(=S)CC(=O)Cc5ccccc5)cc4F)c3s2)cn1. The summed E-state index contributed by atoms with van der Waals surface area (Å²) in [5, 5.41) is 3.36. The Balaban J connectivity index is 1.24. The Morgan fingerprint density at radius 1 is 0.976 bits per heavy atom. The van der Waals surface area contributed by atoms with Crippen LogP contribution >= 0.6 is 23.6 Å². The van der Waals surface area contributed by atoms with E-state index >= 15 is 4.39 Å². The fourth-order valence-electron chi connectivity index (χ4n) is 4.46. The number of ether oxygens (including phenoxy) is 1. The summed E-state index contributed by atoms with van der Waals surface area (Å²) in [5.41, 5.74) is 4.42. The van der Waals surface area contributed by atoms with Gasteiger partial charge in [-0.15, -0.1) is 11.3 Å². The Labute approximate surface area is 248 Å². The van der Waals surface area contributed by atoms with Gasteiger partial charge in [0.15, 0.2) is 11.6 Å². The third-order valence-corrected chi connectivity index (χ3v) is 7.95. The monoisotopic (exact) mass is 583 g/mol. The fourth-order valence-corrected chi connectivity index (χ4v) is 5.84. The Bertz CT molecular complexity index is 1650. The molecule has 0 amide bonds. The molecule has 5 nitrogen and oxygen atoms in total. The number of nitrogens with zero attached hydrogens (tertiary/aromatic N) is 2. The van der Waals surface area contributed by atoms with Crippen LogP contribution in [0.25, 0.3) is 20.7 Å². The summed E-state index contributed by atoms with van der Waals surface area (Å²) in [6.07, 6.45) is 5.48. The van der Waals surface area contributed by atoms with Crippen molar-refractivity contribution in [3.8, 4) is 21.9 Å². The van der Waals surface area contributed by atoms with Crippen LogP contribution in [-0.2, 0) is 24.2 Å². The second-order valence-electron chi connectivity index (χ2n) is 9.81. The summed E-state index contributed by atoms with van der Waals surface area (Å²) in [4.78, 5) is 23.1. The molecule has 1 N–H and O–H groups in total. The second-order valence-corrected chi connectivity index (χ2v) is 11.4. The summed E-state index contributed by atoms with van der Waals surface area (Å²) in [6.45, 7) is 3.83. The molecule has 0 aliphatic heterocycles. The highest BCUT2D eigenvalue weighted by molar-refractivity contribution is 7.80. The maximum atomic E-state index is 15.1. The van der Waals surface area contributed by atoms with Crippen LogP contribution in [0.1, 0.15) is 36.6 Å². The van der Waals surface area contributed by atoms with E-state index in [0.717, 1.165) is 51.4 Å². The first-order chi connectivity index (χ1) is 20.0. The van der Waals surface area contributed by atoms with Crippen molar-refractivity contribution in [2.24, 2.45) is 0 Å². The van der Waals surface area contributed by atoms with Crippen molar-refractivity contribution in [3.05, 3.63) is 108 Å². The standard InChI is InChI=1S/C33H30FN3O2S2/c1-2-13-35-21-25-10-9-24(20-37-25)32-19-29-33(41-32)31(12-14-36-29)39-30-11-8-23(17-28(30)34)16-27(40)18-26(38)15-22-6-4-3-5-7-22/h3-12,14,17,19-20,35H,2,13,15-16,18,21H2,1H3. The van der Waals surface area contributed by atoms with Gasteiger partial charge < -0.3 is 10.1 Å². The van der Waals surface area contributed by atoms with Gasteiger partial charge >= 0.3 is 0 Å². The van der Waals surface area contributed by atoms with Gasteiger partial charge in [0.25, 0.3) is 0 Å². The van der Waals surface area contributed by atoms with E-state index < -0.39 is 5.82 Å². The summed E-state index contributed by atoms with van der Waals surface area (Å²) < 4.78 is 21.9. The predicted molar refractivity (Wildman–Crippen MR) is 167 cm³/mol. The molecule has 0 radical (unpaired) electrons. The minimum absolute atomic E-state index is 0.0503. The van der Waals surface area contributed by atoms with Crippen molar-refractivity contribution < 1.29 is 13.9 Å². The third-order valence-electron chi connectivity index (χ3n) is 6.47. The fraction of sp³-hybridized carbons (Fsp3) is 0.212. The van der Waals surface area contributed by atoms with Crippen molar-refractivity contribution in [3.63, 3.8) is 0 Å². The van der Waals surface area contributed by atoms with Crippen LogP contribution < -0.4 is 10.1 Å². The lowest BCUT2D eigenvalue weighted by Gasteiger charge is -2.10. The number of hydrogen-bond acceptors (Lipinski definition) is 7. The van der Waals surface area contributed by atoms with E-state index in [1.54, 1.807) is 24.4 Å². The average molecular weight is 584 g/mol. The number of thiocarbonyl (C=S) groups is 1. The molecule has 2 aromatic carbocycles. The average Bonchev–Trinajstić information content (AvgIpc) is 3.41. The normalized spacial score (nSPS) is 11.1. The van der Waals surface area contributed by atoms with Gasteiger partial charge in [-0.2, -0.15) is 0 Å². The lowest BCUT2D eigenvalue weighted by atomic mass is 10.0. The summed E-state index contributed by atoms with van der Waals surface area (Å²) in [7, 11) is 0. The molecule has 208 valence electrons. The van der Waals surface area contributed by atoms with Crippen LogP contribution in [0, 0.1) is 5.82 Å². The van der Waals surface area contributed by atoms with Crippen molar-refractivity contribution in [2.45, 2.75) is 39.2 Å². The van der Waals surface area contributed by atoms with Gasteiger partial charge in [-0.3, -0.25) is 14.8 Å². The molecule has 41 heavy (non-hydrogen) atoms. The molecule has 0 bridgehead atoms. The maximum absolute atomic E-state index is 15.1. The summed E-state index contributed by atoms with van der Waals surface area (Å²) in [6, 6.07) is 22.2. The molecule has 0 saturated heterocycles. The number of thiophene rings is 1. The van der Waals surface area contributed by atoms with Gasteiger partial charge in [-0.25, -0.2) is 4.39 Å². The van der Waals surface area contributed by atoms with Crippen LogP contribution in [-0.4, -0.2) is 27.2 Å². The smallest absolute Gasteiger partial charge is 0.166 e. The summed E-state index contributed by atoms with van der Waals surface area (Å²) in [5.74, 6) is 0.217. The van der Waals surface area contributed by atoms with E-state index in [2.05, 4.69) is 28.3 Å². The van der Waals surface area contributed by atoms with Gasteiger partial charge in [-0.1, -0.05) is 61.6 Å². The van der Waals surface area contributed by atoms with E-state index in [0.29, 0.717) is 29.0 Å². The van der Waals surface area contributed by atoms with Crippen LogP contribution in [0.5, 0.6) is 11.5 Å². The molecule has 0 aliphatic carbocycles. The number of fused-ring (bicyclic) bond motifs is 1. The quantitative estimate of drug-likeness (QED) is 0.112. The van der Waals surface area contributed by atoms with E-state index in [4.69, 9.17) is 17.0 Å². The first-order valence-corrected chi connectivity index (χ1v) is 14.8. The van der Waals surface area contributed by atoms with Crippen molar-refractivity contribution in [2.75, 3.05) is 6.54 Å². The minimum Gasteiger partial charge on any atom is -0.453 e. The number of aromatic nitrogens is 2. The van der Waals surface area contributed by atoms with E-state index in [1.165, 1.54) is 17.4 Å². The van der Waals surface area contributed by atoms with E-state index in [9.17, 15) is 4.79 Å². The number of ketones is 1. The first-order valence-electron chi connectivity index (χ1n) is 13.6. The molecule has 0 spiro atoms. The van der Waals surface area contributed by atoms with Gasteiger partial charge in [0, 0.05) is 59.6 Å². The number of benzene rings is 2. The van der Waals surface area contributed by atoms with Gasteiger partial charge in [0.05, 0.1) is 15.9 Å². The highest BCUT2D eigenvalue weighted by Gasteiger charge is 2.15. The maximum Gasteiger partial charge on any atom is 0.166 e. The summed E-state index contributed by atoms with van der Waals surface area (Å²) >= 11 is 6.98. The molecule has 5 aromatic rings. The number of rotatable bonds is 13. The Hall–Kier alpha value is -3.85. The molecule has 5 rings (SSSR count). The molecular weight excluding hydrogens is 554 g/mol. The topological polar surface area (TPSA) is 64.1 Å². The van der Waals surface area contributed by atoms with Gasteiger partial charge in [0.1, 0.15) is 11.5 Å². The number of pyridine rings is 2. The first kappa shape index (κ1) is 28.7. The van der Waals surface area contributed by atoms with E-state index in [1.807, 2.05) is 48.7 Å². The van der Waals surface area contributed by atoms with Crippen LogP contribution in [0.4, 0.5) is 4.39 Å². The molecule has 8 heteroatoms. The minimum atomic E-state index is -0.487. The number of hydrogen-bond donors (Lipinski definition) is 1. The zero-order valence-corrected chi connectivity index (χ0v) is 24.4. The molecule has 3 heterocycles. The van der Waals surface area contributed by atoms with Crippen molar-refractivity contribution in [1.82, 2.24) is 15.3 Å². The van der Waals surface area contributed by atoms with Gasteiger partial charge in [-0.05, 0) is 48.4 Å². The number of carbonyl (C=O) groups is 1. The molecule has 0 saturated carbocycles. The van der Waals surface area contributed by atoms with Crippen LogP contribution in [0.15, 0.2) is 85.2 Å². The molecule has 0 unspecified atom stereocenters. The number of halogens is 1. The predicted octanol–water partition coefficient (Wildman–Crippen LogP) is 7.90.